The van der Waals surface area contributed by atoms with Crippen LogP contribution in [0.15, 0.2) is 133 Å². The number of benzene rings is 6. The van der Waals surface area contributed by atoms with Gasteiger partial charge in [0.2, 0.25) is 13.6 Å². The summed E-state index contributed by atoms with van der Waals surface area (Å²) in [6.07, 6.45) is 6.38. The number of methoxy groups -OCH3 is 1. The number of ketones is 1. The predicted molar refractivity (Wildman–Crippen MR) is 268 cm³/mol. The number of hydrogen-bond acceptors (Lipinski definition) is 10. The van der Waals surface area contributed by atoms with Crippen molar-refractivity contribution in [2.75, 3.05) is 63.2 Å². The summed E-state index contributed by atoms with van der Waals surface area (Å²) in [4.78, 5) is 58.6. The third kappa shape index (κ3) is 11.0. The van der Waals surface area contributed by atoms with Gasteiger partial charge in [-0.2, -0.15) is 0 Å². The standard InChI is InChI=1S/C28H29N3O4.C28H28N2O5/c29-17-25(32)21-9-7-20(8-10-21)18-31(28(33)30-13-2-1-3-14-30)24-6-4-5-22(15-24)23-11-12-26-27(16-23)35-19-34-26;1-33-27(31)21-10-8-20(9-11-21)18-30(28(32)29-14-3-2-4-15-29)24-7-5-6-22(16-24)23-12-13-25-26(17-23)35-19-34-25/h4-12,15-16H,1-3,13-14,17-19,29H2;5-13,16-17H,2-4,14-15,18-19H2,1H3. The highest BCUT2D eigenvalue weighted by molar-refractivity contribution is 5.98. The molecule has 6 aromatic carbocycles. The largest absolute Gasteiger partial charge is 0.465 e. The van der Waals surface area contributed by atoms with Crippen LogP contribution in [0, 0.1) is 0 Å². The van der Waals surface area contributed by atoms with Crippen molar-refractivity contribution in [3.8, 4) is 45.3 Å². The highest BCUT2D eigenvalue weighted by atomic mass is 16.7. The molecule has 14 heteroatoms. The number of nitrogens with two attached hydrogens (primary N) is 1. The monoisotopic (exact) mass is 943 g/mol. The molecular formula is C56H57N5O9. The molecule has 0 radical (unpaired) electrons. The summed E-state index contributed by atoms with van der Waals surface area (Å²) in [5.41, 5.74) is 14.0. The van der Waals surface area contributed by atoms with E-state index in [0.717, 1.165) is 132 Å². The van der Waals surface area contributed by atoms with E-state index < -0.39 is 0 Å². The molecule has 4 amide bonds. The van der Waals surface area contributed by atoms with Crippen molar-refractivity contribution in [1.29, 1.82) is 0 Å². The van der Waals surface area contributed by atoms with E-state index in [1.54, 1.807) is 24.3 Å². The van der Waals surface area contributed by atoms with Gasteiger partial charge >= 0.3 is 18.0 Å². The van der Waals surface area contributed by atoms with Gasteiger partial charge in [-0.3, -0.25) is 14.6 Å². The first-order valence-corrected chi connectivity index (χ1v) is 23.9. The minimum atomic E-state index is -0.380. The minimum Gasteiger partial charge on any atom is -0.465 e. The molecule has 0 saturated carbocycles. The van der Waals surface area contributed by atoms with Crippen molar-refractivity contribution in [1.82, 2.24) is 9.80 Å². The molecule has 2 fully saturated rings. The number of ether oxygens (including phenoxy) is 5. The van der Waals surface area contributed by atoms with E-state index in [2.05, 4.69) is 0 Å². The van der Waals surface area contributed by atoms with Crippen LogP contribution < -0.4 is 34.5 Å². The second kappa shape index (κ2) is 22.1. The van der Waals surface area contributed by atoms with Gasteiger partial charge in [0.1, 0.15) is 0 Å². The van der Waals surface area contributed by atoms with E-state index in [1.165, 1.54) is 7.11 Å². The normalized spacial score (nSPS) is 14.5. The van der Waals surface area contributed by atoms with Crippen LogP contribution in [0.3, 0.4) is 0 Å². The zero-order valence-corrected chi connectivity index (χ0v) is 39.3. The quantitative estimate of drug-likeness (QED) is 0.0981. The lowest BCUT2D eigenvalue weighted by Gasteiger charge is -2.33. The van der Waals surface area contributed by atoms with Gasteiger partial charge in [0.25, 0.3) is 0 Å². The molecule has 0 bridgehead atoms. The number of Topliss-reactive ketones (excluding diaryl/α,β-unsaturated/α-hetero) is 1. The average molecular weight is 944 g/mol. The summed E-state index contributed by atoms with van der Waals surface area (Å²) in [7, 11) is 1.36. The molecular weight excluding hydrogens is 887 g/mol. The van der Waals surface area contributed by atoms with Gasteiger partial charge in [-0.05, 0) is 133 Å². The first kappa shape index (κ1) is 47.2. The molecule has 360 valence electrons. The molecule has 0 aromatic heterocycles. The van der Waals surface area contributed by atoms with E-state index in [9.17, 15) is 19.2 Å². The number of esters is 1. The molecule has 0 spiro atoms. The van der Waals surface area contributed by atoms with Crippen LogP contribution in [0.25, 0.3) is 22.3 Å². The molecule has 10 rings (SSSR count). The molecule has 4 heterocycles. The Labute approximate surface area is 408 Å². The Kier molecular flexibility index (Phi) is 14.9. The van der Waals surface area contributed by atoms with Crippen LogP contribution in [0.1, 0.15) is 70.4 Å². The minimum absolute atomic E-state index is 0.00496. The Bertz CT molecular complexity index is 2630. The van der Waals surface area contributed by atoms with E-state index >= 15 is 0 Å². The van der Waals surface area contributed by atoms with Gasteiger partial charge < -0.3 is 39.2 Å². The van der Waals surface area contributed by atoms with Crippen LogP contribution >= 0.6 is 0 Å². The third-order valence-electron chi connectivity index (χ3n) is 13.0. The van der Waals surface area contributed by atoms with E-state index in [-0.39, 0.29) is 43.9 Å². The Morgan fingerprint density at radius 3 is 1.34 bits per heavy atom. The number of amides is 4. The maximum absolute atomic E-state index is 13.7. The van der Waals surface area contributed by atoms with Crippen LogP contribution in [0.4, 0.5) is 21.0 Å². The maximum Gasteiger partial charge on any atom is 0.337 e. The van der Waals surface area contributed by atoms with Gasteiger partial charge in [0, 0.05) is 43.1 Å². The highest BCUT2D eigenvalue weighted by Crippen LogP contribution is 2.39. The van der Waals surface area contributed by atoms with Gasteiger partial charge in [-0.25, -0.2) is 14.4 Å². The average Bonchev–Trinajstić information content (AvgIpc) is 4.12. The molecule has 0 atom stereocenters. The van der Waals surface area contributed by atoms with E-state index in [4.69, 9.17) is 29.4 Å². The highest BCUT2D eigenvalue weighted by Gasteiger charge is 2.27. The fourth-order valence-corrected chi connectivity index (χ4v) is 9.05. The summed E-state index contributed by atoms with van der Waals surface area (Å²) in [5, 5.41) is 0. The van der Waals surface area contributed by atoms with Crippen LogP contribution in [0.2, 0.25) is 0 Å². The molecule has 0 aliphatic carbocycles. The summed E-state index contributed by atoms with van der Waals surface area (Å²) in [5.74, 6) is 2.44. The van der Waals surface area contributed by atoms with Crippen LogP contribution in [0.5, 0.6) is 23.0 Å². The van der Waals surface area contributed by atoms with Gasteiger partial charge in [-0.1, -0.05) is 72.8 Å². The van der Waals surface area contributed by atoms with E-state index in [0.29, 0.717) is 24.2 Å². The Balaban J connectivity index is 0.000000174. The number of anilines is 2. The third-order valence-corrected chi connectivity index (χ3v) is 13.0. The number of hydrogen-bond donors (Lipinski definition) is 1. The lowest BCUT2D eigenvalue weighted by molar-refractivity contribution is 0.0600. The van der Waals surface area contributed by atoms with Crippen LogP contribution in [-0.4, -0.2) is 87.0 Å². The number of carbonyl (C=O) groups is 4. The lowest BCUT2D eigenvalue weighted by atomic mass is 10.0. The number of fused-ring (bicyclic) bond motifs is 2. The molecule has 6 aromatic rings. The molecule has 4 aliphatic rings. The summed E-state index contributed by atoms with van der Waals surface area (Å²) >= 11 is 0. The zero-order valence-electron chi connectivity index (χ0n) is 39.3. The Morgan fingerprint density at radius 1 is 0.500 bits per heavy atom. The predicted octanol–water partition coefficient (Wildman–Crippen LogP) is 10.3. The molecule has 0 unspecified atom stereocenters. The van der Waals surface area contributed by atoms with Gasteiger partial charge in [-0.15, -0.1) is 0 Å². The van der Waals surface area contributed by atoms with Gasteiger partial charge in [0.05, 0.1) is 32.3 Å². The molecule has 70 heavy (non-hydrogen) atoms. The zero-order chi connectivity index (χ0) is 48.4. The molecule has 2 N–H and O–H groups in total. The number of carbonyl (C=O) groups excluding carboxylic acids is 4. The fourth-order valence-electron chi connectivity index (χ4n) is 9.05. The first-order chi connectivity index (χ1) is 34.2. The Morgan fingerprint density at radius 2 is 0.914 bits per heavy atom. The van der Waals surface area contributed by atoms with Gasteiger partial charge in [0.15, 0.2) is 28.8 Å². The second-order valence-corrected chi connectivity index (χ2v) is 17.6. The second-order valence-electron chi connectivity index (χ2n) is 17.6. The van der Waals surface area contributed by atoms with E-state index in [1.807, 2.05) is 129 Å². The molecule has 4 aliphatic heterocycles. The van der Waals surface area contributed by atoms with Crippen molar-refractivity contribution in [2.24, 2.45) is 5.73 Å². The number of likely N-dealkylation sites (tertiary alicyclic amines) is 2. The summed E-state index contributed by atoms with van der Waals surface area (Å²) in [6.45, 7) is 4.28. The number of rotatable bonds is 11. The number of piperidine rings is 2. The Hall–Kier alpha value is -7.84. The van der Waals surface area contributed by atoms with Crippen molar-refractivity contribution >= 4 is 35.2 Å². The summed E-state index contributed by atoms with van der Waals surface area (Å²) < 4.78 is 26.8. The van der Waals surface area contributed by atoms with Crippen molar-refractivity contribution in [3.63, 3.8) is 0 Å². The van der Waals surface area contributed by atoms with Crippen LogP contribution in [-0.2, 0) is 17.8 Å². The number of urea groups is 2. The smallest absolute Gasteiger partial charge is 0.337 e. The molecule has 2 saturated heterocycles. The molecule has 14 nitrogen and oxygen atoms in total. The van der Waals surface area contributed by atoms with Crippen molar-refractivity contribution < 1.29 is 42.9 Å². The SMILES string of the molecule is COC(=O)c1ccc(CN(C(=O)N2CCCCC2)c2cccc(-c3ccc4c(c3)OCO4)c2)cc1.NCC(=O)c1ccc(CN(C(=O)N2CCCCC2)c2cccc(-c3ccc4c(c3)OCO4)c2)cc1. The number of nitrogens with zero attached hydrogens (tertiary/aromatic N) is 4. The van der Waals surface area contributed by atoms with Crippen molar-refractivity contribution in [2.45, 2.75) is 51.6 Å². The lowest BCUT2D eigenvalue weighted by Crippen LogP contribution is -2.45. The topological polar surface area (TPSA) is 153 Å². The summed E-state index contributed by atoms with van der Waals surface area (Å²) in [6, 6.07) is 42.2. The van der Waals surface area contributed by atoms with Crippen molar-refractivity contribution in [3.05, 3.63) is 156 Å². The first-order valence-electron chi connectivity index (χ1n) is 23.9. The maximum atomic E-state index is 13.7. The fraction of sp³-hybridized carbons (Fsp3) is 0.286.